The van der Waals surface area contributed by atoms with E-state index < -0.39 is 0 Å². The number of allylic oxidation sites excluding steroid dienone is 10. The number of para-hydroxylation sites is 2. The lowest BCUT2D eigenvalue weighted by Crippen LogP contribution is -1.95. The van der Waals surface area contributed by atoms with Gasteiger partial charge in [0, 0.05) is 46.6 Å². The van der Waals surface area contributed by atoms with Crippen LogP contribution >= 0.6 is 0 Å². The molecule has 254 valence electrons. The minimum Gasteiger partial charge on any atom is -0.256 e. The van der Waals surface area contributed by atoms with Crippen LogP contribution in [0.4, 0.5) is 5.69 Å². The molecule has 0 bridgehead atoms. The summed E-state index contributed by atoms with van der Waals surface area (Å²) >= 11 is 0. The van der Waals surface area contributed by atoms with Gasteiger partial charge in [-0.1, -0.05) is 134 Å². The van der Waals surface area contributed by atoms with E-state index in [-0.39, 0.29) is 0 Å². The number of fused-ring (bicyclic) bond motifs is 2. The Kier molecular flexibility index (Phi) is 9.89. The highest BCUT2D eigenvalue weighted by molar-refractivity contribution is 5.98. The highest BCUT2D eigenvalue weighted by atomic mass is 14.7. The fourth-order valence-electron chi connectivity index (χ4n) is 6.96. The molecule has 53 heavy (non-hydrogen) atoms. The maximum absolute atomic E-state index is 5.29. The van der Waals surface area contributed by atoms with Crippen molar-refractivity contribution in [1.82, 2.24) is 9.97 Å². The predicted octanol–water partition coefficient (Wildman–Crippen LogP) is 13.3. The van der Waals surface area contributed by atoms with E-state index in [1.165, 1.54) is 16.3 Å². The quantitative estimate of drug-likeness (QED) is 0.142. The Balaban J connectivity index is 1.32. The van der Waals surface area contributed by atoms with Gasteiger partial charge in [0.05, 0.1) is 16.9 Å². The van der Waals surface area contributed by atoms with E-state index in [1.54, 1.807) is 0 Å². The lowest BCUT2D eigenvalue weighted by molar-refractivity contribution is 1.12. The van der Waals surface area contributed by atoms with E-state index in [4.69, 9.17) is 15.0 Å². The van der Waals surface area contributed by atoms with Crippen molar-refractivity contribution >= 4 is 33.6 Å². The average Bonchev–Trinajstić information content (AvgIpc) is 3.22. The molecule has 3 nitrogen and oxygen atoms in total. The molecule has 7 aromatic rings. The van der Waals surface area contributed by atoms with Crippen LogP contribution in [0.2, 0.25) is 0 Å². The molecule has 0 unspecified atom stereocenters. The third kappa shape index (κ3) is 7.51. The van der Waals surface area contributed by atoms with Crippen LogP contribution in [0.5, 0.6) is 0 Å². The predicted molar refractivity (Wildman–Crippen MR) is 226 cm³/mol. The molecule has 0 N–H and O–H groups in total. The van der Waals surface area contributed by atoms with Gasteiger partial charge in [0.25, 0.3) is 0 Å². The number of benzene rings is 5. The number of aliphatic imine (C=N–C) groups is 1. The van der Waals surface area contributed by atoms with Crippen LogP contribution in [-0.4, -0.2) is 16.2 Å². The summed E-state index contributed by atoms with van der Waals surface area (Å²) < 4.78 is 0. The highest BCUT2D eigenvalue weighted by Gasteiger charge is 2.15. The van der Waals surface area contributed by atoms with Crippen LogP contribution in [0.25, 0.3) is 66.3 Å². The van der Waals surface area contributed by atoms with E-state index in [1.807, 2.05) is 43.6 Å². The maximum atomic E-state index is 5.29. The number of aromatic nitrogens is 2. The van der Waals surface area contributed by atoms with E-state index >= 15 is 0 Å². The van der Waals surface area contributed by atoms with Crippen LogP contribution < -0.4 is 0 Å². The second-order valence-corrected chi connectivity index (χ2v) is 13.1. The van der Waals surface area contributed by atoms with Crippen molar-refractivity contribution in [3.05, 3.63) is 200 Å². The molecule has 0 fully saturated rings. The minimum absolute atomic E-state index is 0.706. The number of nitrogens with zero attached hydrogens (tertiary/aromatic N) is 3. The third-order valence-electron chi connectivity index (χ3n) is 9.55. The fraction of sp³-hybridized carbons (Fsp3) is 0.0600. The van der Waals surface area contributed by atoms with Crippen LogP contribution in [0.1, 0.15) is 19.0 Å². The summed E-state index contributed by atoms with van der Waals surface area (Å²) in [7, 11) is 0. The van der Waals surface area contributed by atoms with Crippen molar-refractivity contribution in [1.29, 1.82) is 0 Å². The molecule has 1 aliphatic carbocycles. The summed E-state index contributed by atoms with van der Waals surface area (Å²) in [6.45, 7) is 2.00. The van der Waals surface area contributed by atoms with Gasteiger partial charge in [-0.3, -0.25) is 15.0 Å². The van der Waals surface area contributed by atoms with E-state index in [0.717, 1.165) is 73.3 Å². The van der Waals surface area contributed by atoms with Gasteiger partial charge >= 0.3 is 0 Å². The number of hydrogen-bond acceptors (Lipinski definition) is 3. The molecule has 0 spiro atoms. The molecule has 0 saturated carbocycles. The summed E-state index contributed by atoms with van der Waals surface area (Å²) in [5.41, 5.74) is 12.8. The summed E-state index contributed by atoms with van der Waals surface area (Å²) in [6.07, 6.45) is 24.4. The normalized spacial score (nSPS) is 13.8. The molecule has 8 rings (SSSR count). The molecule has 3 heteroatoms. The van der Waals surface area contributed by atoms with Crippen LogP contribution in [0, 0.1) is 0 Å². The third-order valence-corrected chi connectivity index (χ3v) is 9.55. The van der Waals surface area contributed by atoms with Gasteiger partial charge in [0.2, 0.25) is 0 Å². The lowest BCUT2D eigenvalue weighted by Gasteiger charge is -2.15. The smallest absolute Gasteiger partial charge is 0.0780 e. The van der Waals surface area contributed by atoms with Crippen molar-refractivity contribution in [3.63, 3.8) is 0 Å². The Bertz CT molecular complexity index is 2620. The van der Waals surface area contributed by atoms with Crippen molar-refractivity contribution in [2.24, 2.45) is 4.99 Å². The summed E-state index contributed by atoms with van der Waals surface area (Å²) in [5.74, 6) is 0. The van der Waals surface area contributed by atoms with Crippen molar-refractivity contribution in [2.75, 3.05) is 0 Å². The average molecular weight is 682 g/mol. The second-order valence-electron chi connectivity index (χ2n) is 13.1. The summed E-state index contributed by atoms with van der Waals surface area (Å²) in [6, 6.07) is 45.3. The first kappa shape index (κ1) is 33.4. The molecule has 0 amide bonds. The summed E-state index contributed by atoms with van der Waals surface area (Å²) in [5, 5.41) is 3.49. The SMILES string of the molecule is C/C=C\C=Nc1ccccc1-c1cc(-c2cc(C/C=C\C=C3\C=CC=CC3)nc(-c3cccc4ccccc34)c2)cc(-c2cccc3cccnc23)c1. The Morgan fingerprint density at radius 1 is 0.660 bits per heavy atom. The Morgan fingerprint density at radius 3 is 2.28 bits per heavy atom. The van der Waals surface area contributed by atoms with Gasteiger partial charge in [-0.2, -0.15) is 0 Å². The molecule has 5 aromatic carbocycles. The molecule has 2 aromatic heterocycles. The molecule has 0 atom stereocenters. The molecular weight excluding hydrogens is 643 g/mol. The molecular formula is C50H39N3. The fourth-order valence-corrected chi connectivity index (χ4v) is 6.96. The zero-order chi connectivity index (χ0) is 35.8. The first-order chi connectivity index (χ1) is 26.2. The Hall–Kier alpha value is -6.71. The van der Waals surface area contributed by atoms with Crippen LogP contribution in [0.3, 0.4) is 0 Å². The number of pyridine rings is 2. The number of hydrogen-bond donors (Lipinski definition) is 0. The molecule has 0 saturated heterocycles. The van der Waals surface area contributed by atoms with Crippen molar-refractivity contribution in [2.45, 2.75) is 19.8 Å². The highest BCUT2D eigenvalue weighted by Crippen LogP contribution is 2.39. The summed E-state index contributed by atoms with van der Waals surface area (Å²) in [4.78, 5) is 15.0. The van der Waals surface area contributed by atoms with E-state index in [2.05, 4.69) is 158 Å². The van der Waals surface area contributed by atoms with Gasteiger partial charge in [0.15, 0.2) is 0 Å². The van der Waals surface area contributed by atoms with Gasteiger partial charge < -0.3 is 0 Å². The van der Waals surface area contributed by atoms with Gasteiger partial charge in [-0.05, 0) is 100 Å². The van der Waals surface area contributed by atoms with Gasteiger partial charge in [-0.15, -0.1) is 0 Å². The van der Waals surface area contributed by atoms with Crippen LogP contribution in [-0.2, 0) is 6.42 Å². The molecule has 0 radical (unpaired) electrons. The number of rotatable bonds is 9. The topological polar surface area (TPSA) is 38.1 Å². The minimum atomic E-state index is 0.706. The van der Waals surface area contributed by atoms with Crippen molar-refractivity contribution in [3.8, 4) is 44.6 Å². The van der Waals surface area contributed by atoms with E-state index in [9.17, 15) is 0 Å². The molecule has 0 aliphatic heterocycles. The first-order valence-electron chi connectivity index (χ1n) is 18.2. The monoisotopic (exact) mass is 681 g/mol. The largest absolute Gasteiger partial charge is 0.256 e. The van der Waals surface area contributed by atoms with Crippen LogP contribution in [0.15, 0.2) is 199 Å². The lowest BCUT2D eigenvalue weighted by atomic mass is 9.91. The molecule has 1 aliphatic rings. The van der Waals surface area contributed by atoms with E-state index in [0.29, 0.717) is 6.42 Å². The standard InChI is InChI=1S/C50H39N3/c1-2-3-29-51-48-28-12-11-25-45(48)41-31-39(32-42(33-41)46-26-14-21-38-22-15-30-52-50(38)46)40-34-43(23-9-7-18-36-16-5-4-6-17-36)53-49(35-40)47-27-13-20-37-19-8-10-24-44(37)47/h2-16,18-22,24-35H,17,23H2,1H3/b3-2-,9-7-,36-18-,51-29?. The zero-order valence-electron chi connectivity index (χ0n) is 29.7. The maximum Gasteiger partial charge on any atom is 0.0780 e. The van der Waals surface area contributed by atoms with Gasteiger partial charge in [0.1, 0.15) is 0 Å². The first-order valence-corrected chi connectivity index (χ1v) is 18.2. The van der Waals surface area contributed by atoms with Crippen molar-refractivity contribution < 1.29 is 0 Å². The Labute approximate surface area is 311 Å². The zero-order valence-corrected chi connectivity index (χ0v) is 29.7. The van der Waals surface area contributed by atoms with Gasteiger partial charge in [-0.25, -0.2) is 0 Å². The second kappa shape index (κ2) is 15.7. The molecule has 2 heterocycles. The Morgan fingerprint density at radius 2 is 1.40 bits per heavy atom.